The van der Waals surface area contributed by atoms with E-state index in [2.05, 4.69) is 52.5 Å². The third-order valence-corrected chi connectivity index (χ3v) is 5.57. The SMILES string of the molecule is CNc1ccc2c(N3CCC(OC(N)=O)C3)nc(C3=CCN(C)CC3)cc2c1. The molecule has 2 aliphatic rings. The molecule has 2 aliphatic heterocycles. The van der Waals surface area contributed by atoms with Crippen molar-refractivity contribution in [2.75, 3.05) is 50.5 Å². The van der Waals surface area contributed by atoms with Crippen LogP contribution >= 0.6 is 0 Å². The van der Waals surface area contributed by atoms with Gasteiger partial charge in [0, 0.05) is 44.2 Å². The molecule has 7 nitrogen and oxygen atoms in total. The van der Waals surface area contributed by atoms with Gasteiger partial charge in [0.25, 0.3) is 0 Å². The lowest BCUT2D eigenvalue weighted by molar-refractivity contribution is 0.117. The zero-order valence-electron chi connectivity index (χ0n) is 16.4. The minimum absolute atomic E-state index is 0.183. The van der Waals surface area contributed by atoms with Crippen LogP contribution in [0.25, 0.3) is 16.3 Å². The Morgan fingerprint density at radius 3 is 2.89 bits per heavy atom. The van der Waals surface area contributed by atoms with Gasteiger partial charge in [-0.25, -0.2) is 9.78 Å². The van der Waals surface area contributed by atoms with Crippen LogP contribution in [0.3, 0.4) is 0 Å². The van der Waals surface area contributed by atoms with Crippen LogP contribution in [0.4, 0.5) is 16.3 Å². The topological polar surface area (TPSA) is 83.7 Å². The summed E-state index contributed by atoms with van der Waals surface area (Å²) in [7, 11) is 4.06. The van der Waals surface area contributed by atoms with E-state index in [4.69, 9.17) is 15.5 Å². The molecule has 0 saturated carbocycles. The molecule has 1 fully saturated rings. The van der Waals surface area contributed by atoms with E-state index in [0.717, 1.165) is 60.4 Å². The van der Waals surface area contributed by atoms with Crippen LogP contribution < -0.4 is 16.0 Å². The predicted octanol–water partition coefficient (Wildman–Crippen LogP) is 2.67. The van der Waals surface area contributed by atoms with Gasteiger partial charge in [0.05, 0.1) is 12.2 Å². The molecule has 1 aromatic carbocycles. The van der Waals surface area contributed by atoms with Crippen LogP contribution in [0.5, 0.6) is 0 Å². The van der Waals surface area contributed by atoms with Gasteiger partial charge < -0.3 is 25.6 Å². The molecule has 2 aromatic rings. The number of aromatic nitrogens is 1. The predicted molar refractivity (Wildman–Crippen MR) is 113 cm³/mol. The number of carbonyl (C=O) groups excluding carboxylic acids is 1. The van der Waals surface area contributed by atoms with Crippen molar-refractivity contribution in [3.8, 4) is 0 Å². The first-order chi connectivity index (χ1) is 13.5. The monoisotopic (exact) mass is 381 g/mol. The van der Waals surface area contributed by atoms with Crippen molar-refractivity contribution >= 4 is 33.9 Å². The number of hydrogen-bond donors (Lipinski definition) is 2. The molecule has 1 unspecified atom stereocenters. The van der Waals surface area contributed by atoms with Gasteiger partial charge in [-0.05, 0) is 48.7 Å². The fourth-order valence-corrected chi connectivity index (χ4v) is 3.99. The van der Waals surface area contributed by atoms with E-state index in [9.17, 15) is 4.79 Å². The van der Waals surface area contributed by atoms with Crippen LogP contribution in [-0.4, -0.2) is 62.4 Å². The third kappa shape index (κ3) is 3.75. The van der Waals surface area contributed by atoms with E-state index in [1.165, 1.54) is 5.57 Å². The molecule has 0 spiro atoms. The lowest BCUT2D eigenvalue weighted by Gasteiger charge is -2.24. The fourth-order valence-electron chi connectivity index (χ4n) is 3.99. The van der Waals surface area contributed by atoms with Gasteiger partial charge in [0.1, 0.15) is 11.9 Å². The second-order valence-electron chi connectivity index (χ2n) is 7.55. The molecule has 0 radical (unpaired) electrons. The maximum atomic E-state index is 11.1. The number of nitrogens with two attached hydrogens (primary N) is 1. The Labute approximate surface area is 165 Å². The number of ether oxygens (including phenoxy) is 1. The molecule has 4 rings (SSSR count). The Morgan fingerprint density at radius 2 is 2.18 bits per heavy atom. The molecule has 3 heterocycles. The zero-order chi connectivity index (χ0) is 19.7. The molecule has 1 saturated heterocycles. The Morgan fingerprint density at radius 1 is 1.32 bits per heavy atom. The number of carbonyl (C=O) groups is 1. The highest BCUT2D eigenvalue weighted by molar-refractivity contribution is 5.96. The standard InChI is InChI=1S/C21H27N5O2/c1-23-16-3-4-18-15(11-16)12-19(14-5-8-25(2)9-6-14)24-20(18)26-10-7-17(13-26)28-21(22)27/h3-5,11-12,17,23H,6-10,13H2,1-2H3,(H2,22,27). The average Bonchev–Trinajstić information content (AvgIpc) is 3.14. The number of amides is 1. The minimum atomic E-state index is -0.714. The largest absolute Gasteiger partial charge is 0.444 e. The van der Waals surface area contributed by atoms with E-state index in [0.29, 0.717) is 6.54 Å². The first-order valence-corrected chi connectivity index (χ1v) is 9.75. The summed E-state index contributed by atoms with van der Waals surface area (Å²) in [6.07, 6.45) is 3.13. The number of nitrogens with zero attached hydrogens (tertiary/aromatic N) is 3. The van der Waals surface area contributed by atoms with E-state index >= 15 is 0 Å². The number of nitrogens with one attached hydrogen (secondary N) is 1. The number of hydrogen-bond acceptors (Lipinski definition) is 6. The molecule has 28 heavy (non-hydrogen) atoms. The second-order valence-corrected chi connectivity index (χ2v) is 7.55. The molecular formula is C21H27N5O2. The number of likely N-dealkylation sites (N-methyl/N-ethyl adjacent to an activating group) is 1. The van der Waals surface area contributed by atoms with E-state index in [1.807, 2.05) is 7.05 Å². The number of pyridine rings is 1. The molecular weight excluding hydrogens is 354 g/mol. The van der Waals surface area contributed by atoms with Crippen molar-refractivity contribution in [1.82, 2.24) is 9.88 Å². The maximum absolute atomic E-state index is 11.1. The van der Waals surface area contributed by atoms with Gasteiger partial charge in [0.2, 0.25) is 0 Å². The van der Waals surface area contributed by atoms with E-state index in [1.54, 1.807) is 0 Å². The number of benzene rings is 1. The van der Waals surface area contributed by atoms with Gasteiger partial charge in [-0.2, -0.15) is 0 Å². The van der Waals surface area contributed by atoms with Crippen LogP contribution in [0.1, 0.15) is 18.5 Å². The summed E-state index contributed by atoms with van der Waals surface area (Å²) in [5.74, 6) is 0.950. The van der Waals surface area contributed by atoms with Crippen LogP contribution in [0.2, 0.25) is 0 Å². The minimum Gasteiger partial charge on any atom is -0.444 e. The number of fused-ring (bicyclic) bond motifs is 1. The summed E-state index contributed by atoms with van der Waals surface area (Å²) in [4.78, 5) is 20.7. The zero-order valence-corrected chi connectivity index (χ0v) is 16.4. The smallest absolute Gasteiger partial charge is 0.404 e. The van der Waals surface area contributed by atoms with E-state index < -0.39 is 6.09 Å². The molecule has 7 heteroatoms. The van der Waals surface area contributed by atoms with E-state index in [-0.39, 0.29) is 6.10 Å². The van der Waals surface area contributed by atoms with Gasteiger partial charge in [-0.3, -0.25) is 0 Å². The first-order valence-electron chi connectivity index (χ1n) is 9.75. The van der Waals surface area contributed by atoms with Gasteiger partial charge in [-0.1, -0.05) is 6.08 Å². The van der Waals surface area contributed by atoms with Crippen molar-refractivity contribution in [3.63, 3.8) is 0 Å². The van der Waals surface area contributed by atoms with Crippen molar-refractivity contribution in [1.29, 1.82) is 0 Å². The van der Waals surface area contributed by atoms with Crippen LogP contribution in [0.15, 0.2) is 30.3 Å². The summed E-state index contributed by atoms with van der Waals surface area (Å²) in [5.41, 5.74) is 8.59. The summed E-state index contributed by atoms with van der Waals surface area (Å²) in [5, 5.41) is 5.48. The highest BCUT2D eigenvalue weighted by atomic mass is 16.6. The van der Waals surface area contributed by atoms with Crippen molar-refractivity contribution < 1.29 is 9.53 Å². The van der Waals surface area contributed by atoms with Gasteiger partial charge in [0.15, 0.2) is 0 Å². The highest BCUT2D eigenvalue weighted by Gasteiger charge is 2.27. The van der Waals surface area contributed by atoms with Crippen LogP contribution in [-0.2, 0) is 4.74 Å². The molecule has 0 bridgehead atoms. The molecule has 1 atom stereocenters. The summed E-state index contributed by atoms with van der Waals surface area (Å²) in [6.45, 7) is 3.39. The molecule has 148 valence electrons. The second kappa shape index (κ2) is 7.67. The Balaban J connectivity index is 1.74. The average molecular weight is 381 g/mol. The quantitative estimate of drug-likeness (QED) is 0.847. The Bertz CT molecular complexity index is 926. The Hall–Kier alpha value is -2.80. The molecule has 3 N–H and O–H groups in total. The number of anilines is 2. The Kier molecular flexibility index (Phi) is 5.09. The van der Waals surface area contributed by atoms with Crippen molar-refractivity contribution in [2.45, 2.75) is 18.9 Å². The molecule has 1 amide bonds. The van der Waals surface area contributed by atoms with Crippen molar-refractivity contribution in [3.05, 3.63) is 36.0 Å². The lowest BCUT2D eigenvalue weighted by atomic mass is 10.0. The summed E-state index contributed by atoms with van der Waals surface area (Å²) < 4.78 is 5.21. The summed E-state index contributed by atoms with van der Waals surface area (Å²) >= 11 is 0. The highest BCUT2D eigenvalue weighted by Crippen LogP contribution is 2.33. The normalized spacial score (nSPS) is 20.3. The maximum Gasteiger partial charge on any atom is 0.404 e. The van der Waals surface area contributed by atoms with Crippen molar-refractivity contribution in [2.24, 2.45) is 5.73 Å². The number of rotatable bonds is 4. The summed E-state index contributed by atoms with van der Waals surface area (Å²) in [6, 6.07) is 8.52. The third-order valence-electron chi connectivity index (χ3n) is 5.57. The van der Waals surface area contributed by atoms with Gasteiger partial charge >= 0.3 is 6.09 Å². The first kappa shape index (κ1) is 18.6. The number of primary amides is 1. The van der Waals surface area contributed by atoms with Gasteiger partial charge in [-0.15, -0.1) is 0 Å². The molecule has 1 aromatic heterocycles. The fraction of sp³-hybridized carbons (Fsp3) is 0.429. The van der Waals surface area contributed by atoms with Crippen LogP contribution in [0, 0.1) is 0 Å². The lowest BCUT2D eigenvalue weighted by Crippen LogP contribution is -2.28. The molecule has 0 aliphatic carbocycles.